The van der Waals surface area contributed by atoms with Gasteiger partial charge in [-0.3, -0.25) is 0 Å². The molecule has 0 aliphatic heterocycles. The summed E-state index contributed by atoms with van der Waals surface area (Å²) in [6, 6.07) is -1.45. The second kappa shape index (κ2) is 9.41. The molecule has 0 fully saturated rings. The Kier molecular flexibility index (Phi) is 8.34. The Bertz CT molecular complexity index is 426. The molecule has 0 aromatic heterocycles. The van der Waals surface area contributed by atoms with Gasteiger partial charge in [0.05, 0.1) is 0 Å². The Morgan fingerprint density at radius 2 is 0.783 bits per heavy atom. The van der Waals surface area contributed by atoms with Crippen LogP contribution < -0.4 is 0 Å². The van der Waals surface area contributed by atoms with Gasteiger partial charge in [0, 0.05) is 0 Å². The van der Waals surface area contributed by atoms with E-state index < -0.39 is 52.1 Å². The summed E-state index contributed by atoms with van der Waals surface area (Å²) in [5, 5.41) is 39.0. The van der Waals surface area contributed by atoms with Gasteiger partial charge in [0.15, 0.2) is 32.1 Å². The molecule has 132 valence electrons. The summed E-state index contributed by atoms with van der Waals surface area (Å²) in [6.45, 7) is -3.08. The van der Waals surface area contributed by atoms with E-state index in [1.807, 2.05) is 0 Å². The van der Waals surface area contributed by atoms with Crippen molar-refractivity contribution in [1.82, 2.24) is 20.0 Å². The van der Waals surface area contributed by atoms with Crippen molar-refractivity contribution in [3.05, 3.63) is 40.5 Å². The van der Waals surface area contributed by atoms with Gasteiger partial charge in [0.1, 0.15) is 0 Å². The Hall–Kier alpha value is -2.62. The van der Waals surface area contributed by atoms with Crippen LogP contribution >= 0.6 is 23.2 Å². The molecule has 0 N–H and O–H groups in total. The molecule has 0 amide bonds. The second-order valence-corrected chi connectivity index (χ2v) is 4.12. The number of hydrazine groups is 4. The van der Waals surface area contributed by atoms with Gasteiger partial charge in [-0.25, -0.2) is 40.5 Å². The molecule has 0 aromatic carbocycles. The fourth-order valence-electron chi connectivity index (χ4n) is 1.13. The molecule has 0 saturated carbocycles. The molecule has 23 heavy (non-hydrogen) atoms. The quantitative estimate of drug-likeness (QED) is 0.135. The van der Waals surface area contributed by atoms with Crippen LogP contribution in [0.1, 0.15) is 0 Å². The van der Waals surface area contributed by atoms with Crippen molar-refractivity contribution in [3.8, 4) is 0 Å². The van der Waals surface area contributed by atoms with Crippen LogP contribution in [0.5, 0.6) is 0 Å². The molecule has 16 nitrogen and oxygen atoms in total. The minimum absolute atomic E-state index is 0.0837. The molecule has 0 saturated heterocycles. The molecule has 0 atom stereocenters. The maximum absolute atomic E-state index is 10.8. The van der Waals surface area contributed by atoms with E-state index in [1.165, 1.54) is 0 Å². The molecule has 0 aromatic rings. The van der Waals surface area contributed by atoms with Crippen LogP contribution in [0.25, 0.3) is 0 Å². The topological polar surface area (TPSA) is 186 Å². The van der Waals surface area contributed by atoms with Crippen molar-refractivity contribution in [2.45, 2.75) is 0 Å². The fraction of sp³-hybridized carbons (Fsp3) is 1.00. The van der Waals surface area contributed by atoms with Gasteiger partial charge < -0.3 is 0 Å². The third-order valence-corrected chi connectivity index (χ3v) is 2.73. The minimum atomic E-state index is -1.14. The summed E-state index contributed by atoms with van der Waals surface area (Å²) < 4.78 is 0. The standard InChI is InChI=1S/C5H10Cl2N8O8/c6-1-8(12(16)17)3-10(14(20)21)5-11(15(22)23)4-9(2-7)13(18)19/h1-5H2. The minimum Gasteiger partial charge on any atom is -0.235 e. The predicted octanol–water partition coefficient (Wildman–Crippen LogP) is -0.774. The van der Waals surface area contributed by atoms with Crippen LogP contribution in [-0.4, -0.2) is 72.2 Å². The van der Waals surface area contributed by atoms with Crippen molar-refractivity contribution >= 4 is 23.2 Å². The zero-order valence-corrected chi connectivity index (χ0v) is 12.6. The second-order valence-electron chi connectivity index (χ2n) is 3.64. The van der Waals surface area contributed by atoms with Crippen LogP contribution in [-0.2, 0) is 0 Å². The SMILES string of the molecule is O=[N+]([O-])N(CCl)CN(CN(CN(CCl)[N+](=O)[O-])[N+](=O)[O-])[N+](=O)[O-]. The molecule has 0 aliphatic rings. The van der Waals surface area contributed by atoms with E-state index in [2.05, 4.69) is 0 Å². The van der Waals surface area contributed by atoms with Gasteiger partial charge in [-0.15, -0.1) is 0 Å². The summed E-state index contributed by atoms with van der Waals surface area (Å²) in [5.41, 5.74) is 0. The van der Waals surface area contributed by atoms with E-state index in [-0.39, 0.29) is 20.0 Å². The number of nitro groups is 4. The number of alkyl halides is 2. The Morgan fingerprint density at radius 3 is 0.957 bits per heavy atom. The summed E-state index contributed by atoms with van der Waals surface area (Å²) in [6.07, 6.45) is 0. The molecule has 18 heteroatoms. The molecule has 0 heterocycles. The largest absolute Gasteiger partial charge is 0.235 e. The fourth-order valence-corrected chi connectivity index (χ4v) is 1.45. The summed E-state index contributed by atoms with van der Waals surface area (Å²) in [4.78, 5) is 42.8. The maximum atomic E-state index is 10.8. The van der Waals surface area contributed by atoms with Gasteiger partial charge in [-0.2, -0.15) is 0 Å². The van der Waals surface area contributed by atoms with E-state index in [1.54, 1.807) is 0 Å². The van der Waals surface area contributed by atoms with E-state index in [9.17, 15) is 40.5 Å². The maximum Gasteiger partial charge on any atom is 0.212 e. The van der Waals surface area contributed by atoms with E-state index >= 15 is 0 Å². The highest BCUT2D eigenvalue weighted by molar-refractivity contribution is 6.17. The predicted molar refractivity (Wildman–Crippen MR) is 71.4 cm³/mol. The number of rotatable bonds is 12. The van der Waals surface area contributed by atoms with Crippen LogP contribution in [0.3, 0.4) is 0 Å². The normalized spacial score (nSPS) is 9.83. The molecule has 0 unspecified atom stereocenters. The number of nitrogens with zero attached hydrogens (tertiary/aromatic N) is 8. The summed E-state index contributed by atoms with van der Waals surface area (Å²) in [7, 11) is 0. The first-order valence-corrected chi connectivity index (χ1v) is 6.39. The highest BCUT2D eigenvalue weighted by Crippen LogP contribution is 2.03. The highest BCUT2D eigenvalue weighted by atomic mass is 35.5. The van der Waals surface area contributed by atoms with Crippen molar-refractivity contribution in [1.29, 1.82) is 0 Å². The Morgan fingerprint density at radius 1 is 0.565 bits per heavy atom. The average molecular weight is 381 g/mol. The van der Waals surface area contributed by atoms with Crippen molar-refractivity contribution in [2.75, 3.05) is 32.0 Å². The van der Waals surface area contributed by atoms with Gasteiger partial charge in [-0.05, 0) is 0 Å². The van der Waals surface area contributed by atoms with Crippen molar-refractivity contribution in [3.63, 3.8) is 0 Å². The van der Waals surface area contributed by atoms with Gasteiger partial charge in [-0.1, -0.05) is 43.2 Å². The highest BCUT2D eigenvalue weighted by Gasteiger charge is 2.32. The van der Waals surface area contributed by atoms with Crippen LogP contribution in [0.2, 0.25) is 0 Å². The van der Waals surface area contributed by atoms with Crippen LogP contribution in [0, 0.1) is 40.5 Å². The van der Waals surface area contributed by atoms with Gasteiger partial charge >= 0.3 is 0 Å². The van der Waals surface area contributed by atoms with Gasteiger partial charge in [0.2, 0.25) is 20.0 Å². The molecule has 0 aliphatic carbocycles. The van der Waals surface area contributed by atoms with E-state index in [0.29, 0.717) is 0 Å². The third kappa shape index (κ3) is 6.78. The number of hydrogen-bond acceptors (Lipinski definition) is 8. The lowest BCUT2D eigenvalue weighted by Gasteiger charge is -2.22. The average Bonchev–Trinajstić information content (AvgIpc) is 2.45. The zero-order chi connectivity index (χ0) is 18.2. The van der Waals surface area contributed by atoms with Crippen molar-refractivity contribution < 1.29 is 20.1 Å². The lowest BCUT2D eigenvalue weighted by atomic mass is 10.8. The molecule has 0 spiro atoms. The summed E-state index contributed by atoms with van der Waals surface area (Å²) >= 11 is 10.5. The number of hydrogen-bond donors (Lipinski definition) is 0. The molecule has 0 bridgehead atoms. The Balaban J connectivity index is 5.10. The van der Waals surface area contributed by atoms with Crippen LogP contribution in [0.4, 0.5) is 0 Å². The van der Waals surface area contributed by atoms with E-state index in [0.717, 1.165) is 0 Å². The molecular weight excluding hydrogens is 371 g/mol. The first-order chi connectivity index (χ1) is 10.6. The summed E-state index contributed by atoms with van der Waals surface area (Å²) in [5.74, 6) is 0. The zero-order valence-electron chi connectivity index (χ0n) is 11.1. The van der Waals surface area contributed by atoms with Crippen molar-refractivity contribution in [2.24, 2.45) is 0 Å². The Labute approximate surface area is 136 Å². The monoisotopic (exact) mass is 380 g/mol. The number of halogens is 2. The lowest BCUT2D eigenvalue weighted by Crippen LogP contribution is -2.52. The van der Waals surface area contributed by atoms with Crippen LogP contribution in [0.15, 0.2) is 0 Å². The third-order valence-electron chi connectivity index (χ3n) is 2.18. The van der Waals surface area contributed by atoms with E-state index in [4.69, 9.17) is 23.2 Å². The molecular formula is C5H10Cl2N8O8. The molecule has 0 radical (unpaired) electrons. The lowest BCUT2D eigenvalue weighted by molar-refractivity contribution is -0.748. The van der Waals surface area contributed by atoms with Gasteiger partial charge in [0.25, 0.3) is 0 Å². The smallest absolute Gasteiger partial charge is 0.212 e. The first-order valence-electron chi connectivity index (χ1n) is 5.32. The molecule has 0 rings (SSSR count). The first kappa shape index (κ1) is 20.4.